The summed E-state index contributed by atoms with van der Waals surface area (Å²) in [5.41, 5.74) is 3.79. The summed E-state index contributed by atoms with van der Waals surface area (Å²) >= 11 is 0. The summed E-state index contributed by atoms with van der Waals surface area (Å²) in [7, 11) is 0. The van der Waals surface area contributed by atoms with Crippen LogP contribution < -0.4 is 0 Å². The third-order valence-electron chi connectivity index (χ3n) is 5.37. The van der Waals surface area contributed by atoms with Crippen LogP contribution in [0.5, 0.6) is 0 Å². The van der Waals surface area contributed by atoms with E-state index in [-0.39, 0.29) is 23.8 Å². The van der Waals surface area contributed by atoms with Gasteiger partial charge in [-0.1, -0.05) is 43.2 Å². The first-order valence-corrected chi connectivity index (χ1v) is 9.59. The monoisotopic (exact) mass is 346 g/mol. The molecule has 0 N–H and O–H groups in total. The number of fused-ring (bicyclic) bond motifs is 1. The quantitative estimate of drug-likeness (QED) is 0.376. The van der Waals surface area contributed by atoms with E-state index in [4.69, 9.17) is 9.47 Å². The molecule has 1 aliphatic heterocycles. The van der Waals surface area contributed by atoms with Crippen LogP contribution in [-0.2, 0) is 14.3 Å². The number of carbonyl (C=O) groups is 1. The smallest absolute Gasteiger partial charge is 0.303 e. The molecule has 0 aromatic carbocycles. The molecule has 3 heteroatoms. The maximum absolute atomic E-state index is 11.7. The lowest BCUT2D eigenvalue weighted by atomic mass is 9.88. The van der Waals surface area contributed by atoms with E-state index in [0.29, 0.717) is 5.92 Å². The molecule has 1 heterocycles. The summed E-state index contributed by atoms with van der Waals surface area (Å²) in [5, 5.41) is 0. The number of hydrogen-bond donors (Lipinski definition) is 0. The predicted molar refractivity (Wildman–Crippen MR) is 102 cm³/mol. The molecule has 2 aliphatic rings. The minimum absolute atomic E-state index is 0.183. The van der Waals surface area contributed by atoms with Crippen LogP contribution in [0.4, 0.5) is 0 Å². The largest absolute Gasteiger partial charge is 0.458 e. The van der Waals surface area contributed by atoms with Crippen LogP contribution in [0.1, 0.15) is 73.6 Å². The van der Waals surface area contributed by atoms with E-state index < -0.39 is 0 Å². The molecule has 2 rings (SSSR count). The van der Waals surface area contributed by atoms with Gasteiger partial charge in [-0.2, -0.15) is 0 Å². The Bertz CT molecular complexity index is 582. The molecule has 1 aliphatic carbocycles. The van der Waals surface area contributed by atoms with Crippen molar-refractivity contribution in [2.75, 3.05) is 0 Å². The van der Waals surface area contributed by atoms with Gasteiger partial charge in [0.25, 0.3) is 0 Å². The van der Waals surface area contributed by atoms with E-state index in [9.17, 15) is 4.79 Å². The van der Waals surface area contributed by atoms with Crippen molar-refractivity contribution in [2.45, 2.75) is 91.5 Å². The van der Waals surface area contributed by atoms with Gasteiger partial charge in [0.1, 0.15) is 6.10 Å². The Labute approximate surface area is 153 Å². The van der Waals surface area contributed by atoms with Gasteiger partial charge in [0.05, 0.1) is 11.7 Å². The number of esters is 1. The minimum Gasteiger partial charge on any atom is -0.458 e. The standard InChI is InChI=1S/C22H34O3/c1-15(2)19-12-10-16(3)8-7-9-17(4)11-13-21-22(6,25-21)14-20(19)24-18(5)23/h9-10,12,15,20-21H,7-8,11,13-14H2,1-6H3. The molecule has 0 aromatic heterocycles. The van der Waals surface area contributed by atoms with Crippen LogP contribution in [0.15, 0.2) is 34.9 Å². The molecule has 0 aromatic rings. The van der Waals surface area contributed by atoms with Gasteiger partial charge in [-0.25, -0.2) is 0 Å². The summed E-state index contributed by atoms with van der Waals surface area (Å²) < 4.78 is 11.7. The fourth-order valence-corrected chi connectivity index (χ4v) is 3.63. The van der Waals surface area contributed by atoms with E-state index in [1.165, 1.54) is 23.6 Å². The zero-order chi connectivity index (χ0) is 18.6. The van der Waals surface area contributed by atoms with Crippen LogP contribution in [0, 0.1) is 5.92 Å². The van der Waals surface area contributed by atoms with Crippen molar-refractivity contribution in [1.29, 1.82) is 0 Å². The van der Waals surface area contributed by atoms with E-state index in [1.807, 2.05) is 0 Å². The SMILES string of the molecule is CC(=O)OC1CC2(C)OC2CCC(C)=CCCC(C)=CC=C1C(C)C. The van der Waals surface area contributed by atoms with Gasteiger partial charge in [-0.15, -0.1) is 0 Å². The Hall–Kier alpha value is -1.35. The highest BCUT2D eigenvalue weighted by atomic mass is 16.6. The van der Waals surface area contributed by atoms with E-state index in [1.54, 1.807) is 0 Å². The van der Waals surface area contributed by atoms with Crippen molar-refractivity contribution in [1.82, 2.24) is 0 Å². The lowest BCUT2D eigenvalue weighted by molar-refractivity contribution is -0.145. The predicted octanol–water partition coefficient (Wildman–Crippen LogP) is 5.51. The zero-order valence-electron chi connectivity index (χ0n) is 16.7. The van der Waals surface area contributed by atoms with Crippen LogP contribution in [0.2, 0.25) is 0 Å². The molecular formula is C22H34O3. The maximum atomic E-state index is 11.7. The molecule has 1 saturated heterocycles. The lowest BCUT2D eigenvalue weighted by Crippen LogP contribution is -2.28. The summed E-state index contributed by atoms with van der Waals surface area (Å²) in [6, 6.07) is 0. The van der Waals surface area contributed by atoms with Crippen LogP contribution in [0.3, 0.4) is 0 Å². The average molecular weight is 347 g/mol. The molecule has 25 heavy (non-hydrogen) atoms. The third kappa shape index (κ3) is 5.85. The number of epoxide rings is 1. The summed E-state index contributed by atoms with van der Waals surface area (Å²) in [6.45, 7) is 12.3. The first-order valence-electron chi connectivity index (χ1n) is 9.59. The summed E-state index contributed by atoms with van der Waals surface area (Å²) in [6.07, 6.45) is 11.8. The maximum Gasteiger partial charge on any atom is 0.303 e. The zero-order valence-corrected chi connectivity index (χ0v) is 16.7. The molecule has 0 amide bonds. The van der Waals surface area contributed by atoms with Crippen molar-refractivity contribution >= 4 is 5.97 Å². The van der Waals surface area contributed by atoms with Gasteiger partial charge in [-0.05, 0) is 57.9 Å². The fraction of sp³-hybridized carbons (Fsp3) is 0.682. The summed E-state index contributed by atoms with van der Waals surface area (Å²) in [4.78, 5) is 11.7. The van der Waals surface area contributed by atoms with Gasteiger partial charge in [0.15, 0.2) is 0 Å². The Kier molecular flexibility index (Phi) is 6.67. The Balaban J connectivity index is 2.31. The summed E-state index contributed by atoms with van der Waals surface area (Å²) in [5.74, 6) is 0.0993. The highest BCUT2D eigenvalue weighted by Gasteiger charge is 2.53. The molecule has 1 fully saturated rings. The molecular weight excluding hydrogens is 312 g/mol. The number of hydrogen-bond acceptors (Lipinski definition) is 3. The second-order valence-electron chi connectivity index (χ2n) is 8.18. The molecule has 0 spiro atoms. The minimum atomic E-state index is -0.224. The first-order chi connectivity index (χ1) is 11.7. The molecule has 3 atom stereocenters. The third-order valence-corrected chi connectivity index (χ3v) is 5.37. The molecule has 3 nitrogen and oxygen atoms in total. The van der Waals surface area contributed by atoms with Gasteiger partial charge in [0, 0.05) is 13.3 Å². The molecule has 0 bridgehead atoms. The second-order valence-corrected chi connectivity index (χ2v) is 8.18. The van der Waals surface area contributed by atoms with Crippen molar-refractivity contribution in [3.05, 3.63) is 34.9 Å². The normalized spacial score (nSPS) is 31.2. The van der Waals surface area contributed by atoms with Gasteiger partial charge in [0.2, 0.25) is 0 Å². The van der Waals surface area contributed by atoms with Crippen LogP contribution >= 0.6 is 0 Å². The first kappa shape index (κ1) is 20.0. The van der Waals surface area contributed by atoms with Gasteiger partial charge < -0.3 is 9.47 Å². The van der Waals surface area contributed by atoms with Crippen molar-refractivity contribution < 1.29 is 14.3 Å². The Morgan fingerprint density at radius 1 is 1.24 bits per heavy atom. The molecule has 0 radical (unpaired) electrons. The molecule has 0 saturated carbocycles. The van der Waals surface area contributed by atoms with Crippen molar-refractivity contribution in [2.24, 2.45) is 5.92 Å². The van der Waals surface area contributed by atoms with Crippen molar-refractivity contribution in [3.63, 3.8) is 0 Å². The fourth-order valence-electron chi connectivity index (χ4n) is 3.63. The number of rotatable bonds is 2. The van der Waals surface area contributed by atoms with Crippen LogP contribution in [0.25, 0.3) is 0 Å². The van der Waals surface area contributed by atoms with E-state index >= 15 is 0 Å². The Morgan fingerprint density at radius 2 is 1.96 bits per heavy atom. The van der Waals surface area contributed by atoms with Crippen LogP contribution in [-0.4, -0.2) is 23.8 Å². The number of ether oxygens (including phenoxy) is 2. The average Bonchev–Trinajstić information content (AvgIpc) is 3.13. The topological polar surface area (TPSA) is 38.8 Å². The highest BCUT2D eigenvalue weighted by molar-refractivity contribution is 5.66. The molecule has 140 valence electrons. The number of carbonyl (C=O) groups excluding carboxylic acids is 1. The number of allylic oxidation sites excluding steroid dienone is 5. The Morgan fingerprint density at radius 3 is 2.60 bits per heavy atom. The lowest BCUT2D eigenvalue weighted by Gasteiger charge is -2.25. The van der Waals surface area contributed by atoms with Gasteiger partial charge in [-0.3, -0.25) is 4.79 Å². The molecule has 3 unspecified atom stereocenters. The van der Waals surface area contributed by atoms with E-state index in [0.717, 1.165) is 32.1 Å². The van der Waals surface area contributed by atoms with E-state index in [2.05, 4.69) is 52.8 Å². The highest BCUT2D eigenvalue weighted by Crippen LogP contribution is 2.45. The second kappa shape index (κ2) is 8.35. The van der Waals surface area contributed by atoms with Gasteiger partial charge >= 0.3 is 5.97 Å². The van der Waals surface area contributed by atoms with Crippen molar-refractivity contribution in [3.8, 4) is 0 Å².